The first kappa shape index (κ1) is 14.2. The van der Waals surface area contributed by atoms with Gasteiger partial charge in [0.15, 0.2) is 15.2 Å². The van der Waals surface area contributed by atoms with Crippen molar-refractivity contribution in [2.45, 2.75) is 0 Å². The number of carbonyl (C=O) groups excluding carboxylic acids is 1. The summed E-state index contributed by atoms with van der Waals surface area (Å²) in [4.78, 5) is 15.5. The second kappa shape index (κ2) is 7.44. The van der Waals surface area contributed by atoms with Crippen molar-refractivity contribution in [3.8, 4) is 0 Å². The maximum Gasteiger partial charge on any atom is 0.351 e. The highest BCUT2D eigenvalue weighted by molar-refractivity contribution is 7.18. The molecule has 0 fully saturated rings. The van der Waals surface area contributed by atoms with Crippen LogP contribution in [0.15, 0.2) is 0 Å². The Morgan fingerprint density at radius 3 is 3.00 bits per heavy atom. The first-order valence-electron chi connectivity index (χ1n) is 4.86. The van der Waals surface area contributed by atoms with Crippen LogP contribution in [0.3, 0.4) is 0 Å². The molecule has 0 radical (unpaired) electrons. The summed E-state index contributed by atoms with van der Waals surface area (Å²) >= 11 is 6.90. The Morgan fingerprint density at radius 2 is 2.35 bits per heavy atom. The van der Waals surface area contributed by atoms with E-state index in [1.807, 2.05) is 0 Å². The molecule has 1 aromatic rings. The molecule has 0 unspecified atom stereocenters. The van der Waals surface area contributed by atoms with Crippen LogP contribution in [0.5, 0.6) is 0 Å². The minimum absolute atomic E-state index is 0.00440. The van der Waals surface area contributed by atoms with Gasteiger partial charge >= 0.3 is 5.97 Å². The number of esters is 1. The molecule has 0 bridgehead atoms. The first-order chi connectivity index (χ1) is 8.19. The van der Waals surface area contributed by atoms with Crippen LogP contribution in [0.4, 0.5) is 5.13 Å². The van der Waals surface area contributed by atoms with Gasteiger partial charge in [0, 0.05) is 6.54 Å². The summed E-state index contributed by atoms with van der Waals surface area (Å²) in [5, 5.41) is 12.1. The molecule has 96 valence electrons. The minimum Gasteiger partial charge on any atom is -0.465 e. The lowest BCUT2D eigenvalue weighted by Crippen LogP contribution is -2.11. The SMILES string of the molecule is COC(=O)c1sc(NCCOCCO)nc1Cl. The number of halogens is 1. The van der Waals surface area contributed by atoms with Gasteiger partial charge in [-0.3, -0.25) is 0 Å². The highest BCUT2D eigenvalue weighted by atomic mass is 35.5. The van der Waals surface area contributed by atoms with Crippen molar-refractivity contribution in [1.82, 2.24) is 4.98 Å². The van der Waals surface area contributed by atoms with E-state index in [-0.39, 0.29) is 16.6 Å². The van der Waals surface area contributed by atoms with E-state index in [0.717, 1.165) is 11.3 Å². The third kappa shape index (κ3) is 4.47. The summed E-state index contributed by atoms with van der Waals surface area (Å²) in [6, 6.07) is 0. The number of aliphatic hydroxyl groups excluding tert-OH is 1. The Hall–Kier alpha value is -0.890. The summed E-state index contributed by atoms with van der Waals surface area (Å²) in [6.07, 6.45) is 0. The fourth-order valence-corrected chi connectivity index (χ4v) is 2.12. The number of nitrogens with zero attached hydrogens (tertiary/aromatic N) is 1. The average molecular weight is 281 g/mol. The van der Waals surface area contributed by atoms with Gasteiger partial charge < -0.3 is 19.9 Å². The zero-order valence-corrected chi connectivity index (χ0v) is 10.8. The van der Waals surface area contributed by atoms with E-state index in [0.29, 0.717) is 24.9 Å². The fraction of sp³-hybridized carbons (Fsp3) is 0.556. The Kier molecular flexibility index (Phi) is 6.20. The van der Waals surface area contributed by atoms with E-state index in [1.54, 1.807) is 0 Å². The molecule has 0 atom stereocenters. The van der Waals surface area contributed by atoms with E-state index in [2.05, 4.69) is 15.0 Å². The highest BCUT2D eigenvalue weighted by Crippen LogP contribution is 2.27. The molecule has 6 nitrogen and oxygen atoms in total. The van der Waals surface area contributed by atoms with Crippen molar-refractivity contribution in [3.63, 3.8) is 0 Å². The topological polar surface area (TPSA) is 80.7 Å². The van der Waals surface area contributed by atoms with Gasteiger partial charge in [-0.05, 0) is 0 Å². The van der Waals surface area contributed by atoms with Crippen molar-refractivity contribution < 1.29 is 19.4 Å². The molecule has 0 aliphatic rings. The number of ether oxygens (including phenoxy) is 2. The molecule has 2 N–H and O–H groups in total. The number of carbonyl (C=O) groups is 1. The van der Waals surface area contributed by atoms with Gasteiger partial charge in [-0.15, -0.1) is 0 Å². The van der Waals surface area contributed by atoms with E-state index < -0.39 is 5.97 Å². The standard InChI is InChI=1S/C9H13ClN2O4S/c1-15-8(14)6-7(10)12-9(17-6)11-2-4-16-5-3-13/h13H,2-5H2,1H3,(H,11,12). The number of thiazole rings is 1. The average Bonchev–Trinajstić information content (AvgIpc) is 2.69. The molecule has 0 amide bonds. The van der Waals surface area contributed by atoms with Crippen molar-refractivity contribution >= 4 is 34.0 Å². The molecule has 0 aromatic carbocycles. The fourth-order valence-electron chi connectivity index (χ4n) is 0.992. The predicted octanol–water partition coefficient (Wildman–Crippen LogP) is 1.00. The van der Waals surface area contributed by atoms with Crippen molar-refractivity contribution in [2.75, 3.05) is 38.8 Å². The van der Waals surface area contributed by atoms with E-state index in [1.165, 1.54) is 7.11 Å². The first-order valence-corrected chi connectivity index (χ1v) is 6.05. The summed E-state index contributed by atoms with van der Waals surface area (Å²) in [6.45, 7) is 1.25. The van der Waals surface area contributed by atoms with Gasteiger partial charge in [0.05, 0.1) is 26.9 Å². The molecule has 8 heteroatoms. The normalized spacial score (nSPS) is 10.3. The van der Waals surface area contributed by atoms with Crippen LogP contribution in [-0.2, 0) is 9.47 Å². The molecule has 1 heterocycles. The summed E-state index contributed by atoms with van der Waals surface area (Å²) in [5.41, 5.74) is 0. The molecular formula is C9H13ClN2O4S. The second-order valence-electron chi connectivity index (χ2n) is 2.89. The number of aromatic nitrogens is 1. The lowest BCUT2D eigenvalue weighted by Gasteiger charge is -2.02. The van der Waals surface area contributed by atoms with Crippen LogP contribution in [0, 0.1) is 0 Å². The van der Waals surface area contributed by atoms with Crippen LogP contribution in [0.25, 0.3) is 0 Å². The summed E-state index contributed by atoms with van der Waals surface area (Å²) in [5.74, 6) is -0.503. The number of hydrogen-bond acceptors (Lipinski definition) is 7. The number of hydrogen-bond donors (Lipinski definition) is 2. The zero-order valence-electron chi connectivity index (χ0n) is 9.23. The molecule has 1 rings (SSSR count). The monoisotopic (exact) mass is 280 g/mol. The molecule has 0 saturated heterocycles. The lowest BCUT2D eigenvalue weighted by atomic mass is 10.6. The highest BCUT2D eigenvalue weighted by Gasteiger charge is 2.16. The summed E-state index contributed by atoms with van der Waals surface area (Å²) < 4.78 is 9.60. The second-order valence-corrected chi connectivity index (χ2v) is 4.25. The Bertz CT molecular complexity index is 372. The summed E-state index contributed by atoms with van der Waals surface area (Å²) in [7, 11) is 1.29. The van der Waals surface area contributed by atoms with Crippen LogP contribution in [0.2, 0.25) is 5.15 Å². The van der Waals surface area contributed by atoms with Crippen LogP contribution < -0.4 is 5.32 Å². The van der Waals surface area contributed by atoms with Gasteiger partial charge in [-0.1, -0.05) is 22.9 Å². The largest absolute Gasteiger partial charge is 0.465 e. The van der Waals surface area contributed by atoms with Crippen molar-refractivity contribution in [1.29, 1.82) is 0 Å². The van der Waals surface area contributed by atoms with Crippen LogP contribution >= 0.6 is 22.9 Å². The Balaban J connectivity index is 2.42. The maximum absolute atomic E-state index is 11.2. The van der Waals surface area contributed by atoms with Gasteiger partial charge in [0.25, 0.3) is 0 Å². The van der Waals surface area contributed by atoms with E-state index >= 15 is 0 Å². The van der Waals surface area contributed by atoms with Gasteiger partial charge in [-0.2, -0.15) is 0 Å². The third-order valence-electron chi connectivity index (χ3n) is 1.71. The molecule has 1 aromatic heterocycles. The van der Waals surface area contributed by atoms with E-state index in [9.17, 15) is 4.79 Å². The zero-order chi connectivity index (χ0) is 12.7. The van der Waals surface area contributed by atoms with Gasteiger partial charge in [-0.25, -0.2) is 9.78 Å². The Morgan fingerprint density at radius 1 is 1.59 bits per heavy atom. The molecule has 0 aliphatic carbocycles. The Labute approximate surface area is 108 Å². The van der Waals surface area contributed by atoms with E-state index in [4.69, 9.17) is 21.4 Å². The van der Waals surface area contributed by atoms with Crippen LogP contribution in [0.1, 0.15) is 9.67 Å². The predicted molar refractivity (Wildman–Crippen MR) is 64.9 cm³/mol. The van der Waals surface area contributed by atoms with Crippen molar-refractivity contribution in [3.05, 3.63) is 10.0 Å². The molecule has 0 aliphatic heterocycles. The van der Waals surface area contributed by atoms with Gasteiger partial charge in [0.2, 0.25) is 0 Å². The molecule has 0 spiro atoms. The molecular weight excluding hydrogens is 268 g/mol. The number of aliphatic hydroxyl groups is 1. The maximum atomic E-state index is 11.2. The van der Waals surface area contributed by atoms with Crippen molar-refractivity contribution in [2.24, 2.45) is 0 Å². The van der Waals surface area contributed by atoms with Gasteiger partial charge in [0.1, 0.15) is 0 Å². The number of anilines is 1. The third-order valence-corrected chi connectivity index (χ3v) is 3.09. The lowest BCUT2D eigenvalue weighted by molar-refractivity contribution is 0.0606. The van der Waals surface area contributed by atoms with Crippen LogP contribution in [-0.4, -0.2) is 49.5 Å². The number of nitrogens with one attached hydrogen (secondary N) is 1. The quantitative estimate of drug-likeness (QED) is 0.573. The number of rotatable bonds is 7. The molecule has 17 heavy (non-hydrogen) atoms. The molecule has 0 saturated carbocycles. The smallest absolute Gasteiger partial charge is 0.351 e. The number of methoxy groups -OCH3 is 1. The minimum atomic E-state index is -0.503.